The second-order valence-corrected chi connectivity index (χ2v) is 4.53. The Bertz CT molecular complexity index is 390. The average molecular weight is 266 g/mol. The summed E-state index contributed by atoms with van der Waals surface area (Å²) in [6.07, 6.45) is -0.518. The van der Waals surface area contributed by atoms with E-state index in [0.29, 0.717) is 12.3 Å². The first kappa shape index (κ1) is 15.3. The van der Waals surface area contributed by atoms with Crippen LogP contribution in [0.5, 0.6) is 11.5 Å². The molecule has 0 spiro atoms. The van der Waals surface area contributed by atoms with Crippen molar-refractivity contribution in [1.82, 2.24) is 10.2 Å². The fourth-order valence-corrected chi connectivity index (χ4v) is 1.46. The van der Waals surface area contributed by atoms with Gasteiger partial charge in [0.25, 0.3) is 5.91 Å². The van der Waals surface area contributed by atoms with Gasteiger partial charge >= 0.3 is 0 Å². The zero-order valence-corrected chi connectivity index (χ0v) is 12.0. The third-order valence-corrected chi connectivity index (χ3v) is 2.60. The van der Waals surface area contributed by atoms with Crippen molar-refractivity contribution < 1.29 is 14.3 Å². The van der Waals surface area contributed by atoms with Crippen LogP contribution in [0.4, 0.5) is 0 Å². The molecule has 0 saturated heterocycles. The molecule has 0 bridgehead atoms. The largest absolute Gasteiger partial charge is 0.497 e. The Morgan fingerprint density at radius 3 is 2.37 bits per heavy atom. The predicted molar refractivity (Wildman–Crippen MR) is 74.6 cm³/mol. The van der Waals surface area contributed by atoms with E-state index in [1.165, 1.54) is 0 Å². The Balaban J connectivity index is 2.40. The molecular formula is C14H22N2O3. The van der Waals surface area contributed by atoms with E-state index in [0.717, 1.165) is 12.3 Å². The Morgan fingerprint density at radius 1 is 1.26 bits per heavy atom. The minimum Gasteiger partial charge on any atom is -0.497 e. The number of rotatable bonds is 7. The molecule has 0 heterocycles. The lowest BCUT2D eigenvalue weighted by molar-refractivity contribution is -0.127. The van der Waals surface area contributed by atoms with Crippen LogP contribution in [0.15, 0.2) is 24.3 Å². The van der Waals surface area contributed by atoms with Crippen LogP contribution >= 0.6 is 0 Å². The Morgan fingerprint density at radius 2 is 1.84 bits per heavy atom. The summed E-state index contributed by atoms with van der Waals surface area (Å²) in [6, 6.07) is 7.16. The highest BCUT2D eigenvalue weighted by Crippen LogP contribution is 2.18. The topological polar surface area (TPSA) is 50.8 Å². The van der Waals surface area contributed by atoms with Crippen molar-refractivity contribution in [1.29, 1.82) is 0 Å². The zero-order chi connectivity index (χ0) is 14.3. The van der Waals surface area contributed by atoms with Gasteiger partial charge in [-0.2, -0.15) is 0 Å². The third kappa shape index (κ3) is 5.61. The molecule has 0 radical (unpaired) electrons. The summed E-state index contributed by atoms with van der Waals surface area (Å²) in [5.74, 6) is 1.30. The molecule has 1 N–H and O–H groups in total. The number of carbonyl (C=O) groups is 1. The van der Waals surface area contributed by atoms with Crippen molar-refractivity contribution in [2.24, 2.45) is 0 Å². The summed E-state index contributed by atoms with van der Waals surface area (Å²) in [5, 5.41) is 2.83. The second-order valence-electron chi connectivity index (χ2n) is 4.53. The molecule has 106 valence electrons. The first-order valence-corrected chi connectivity index (χ1v) is 6.26. The molecule has 0 aliphatic carbocycles. The Kier molecular flexibility index (Phi) is 6.15. The van der Waals surface area contributed by atoms with E-state index >= 15 is 0 Å². The predicted octanol–water partition coefficient (Wildman–Crippen LogP) is 1.14. The van der Waals surface area contributed by atoms with E-state index in [-0.39, 0.29) is 5.91 Å². The Labute approximate surface area is 114 Å². The van der Waals surface area contributed by atoms with E-state index < -0.39 is 6.10 Å². The molecular weight excluding hydrogens is 244 g/mol. The summed E-state index contributed by atoms with van der Waals surface area (Å²) in [6.45, 7) is 3.15. The normalized spacial score (nSPS) is 12.1. The van der Waals surface area contributed by atoms with Crippen LogP contribution < -0.4 is 14.8 Å². The van der Waals surface area contributed by atoms with Crippen molar-refractivity contribution in [2.75, 3.05) is 34.3 Å². The number of hydrogen-bond donors (Lipinski definition) is 1. The fourth-order valence-electron chi connectivity index (χ4n) is 1.46. The number of methoxy groups -OCH3 is 1. The summed E-state index contributed by atoms with van der Waals surface area (Å²) < 4.78 is 10.6. The maximum Gasteiger partial charge on any atom is 0.260 e. The number of carbonyl (C=O) groups excluding carboxylic acids is 1. The van der Waals surface area contributed by atoms with Crippen LogP contribution in [-0.4, -0.2) is 51.2 Å². The van der Waals surface area contributed by atoms with Gasteiger partial charge < -0.3 is 19.7 Å². The van der Waals surface area contributed by atoms with Crippen molar-refractivity contribution in [3.05, 3.63) is 24.3 Å². The minimum absolute atomic E-state index is 0.113. The van der Waals surface area contributed by atoms with Crippen molar-refractivity contribution in [2.45, 2.75) is 13.0 Å². The van der Waals surface area contributed by atoms with Gasteiger partial charge in [-0.05, 0) is 45.3 Å². The van der Waals surface area contributed by atoms with Crippen LogP contribution in [-0.2, 0) is 4.79 Å². The van der Waals surface area contributed by atoms with Gasteiger partial charge in [-0.3, -0.25) is 4.79 Å². The number of benzene rings is 1. The molecule has 1 aromatic rings. The van der Waals surface area contributed by atoms with Crippen LogP contribution in [0, 0.1) is 0 Å². The van der Waals surface area contributed by atoms with Crippen LogP contribution in [0.1, 0.15) is 6.92 Å². The molecule has 0 fully saturated rings. The third-order valence-electron chi connectivity index (χ3n) is 2.60. The van der Waals surface area contributed by atoms with Gasteiger partial charge in [0.05, 0.1) is 7.11 Å². The first-order valence-electron chi connectivity index (χ1n) is 6.26. The SMILES string of the molecule is COc1ccc(O[C@H](C)C(=O)NCCN(C)C)cc1. The maximum absolute atomic E-state index is 11.8. The summed E-state index contributed by atoms with van der Waals surface area (Å²) >= 11 is 0. The number of nitrogens with one attached hydrogen (secondary N) is 1. The van der Waals surface area contributed by atoms with E-state index in [2.05, 4.69) is 5.32 Å². The van der Waals surface area contributed by atoms with Crippen LogP contribution in [0.3, 0.4) is 0 Å². The molecule has 5 heteroatoms. The smallest absolute Gasteiger partial charge is 0.260 e. The monoisotopic (exact) mass is 266 g/mol. The van der Waals surface area contributed by atoms with Crippen molar-refractivity contribution in [3.63, 3.8) is 0 Å². The quantitative estimate of drug-likeness (QED) is 0.804. The van der Waals surface area contributed by atoms with E-state index in [4.69, 9.17) is 9.47 Å². The lowest BCUT2D eigenvalue weighted by Gasteiger charge is -2.16. The van der Waals surface area contributed by atoms with Gasteiger partial charge in [-0.1, -0.05) is 0 Å². The van der Waals surface area contributed by atoms with Crippen LogP contribution in [0.25, 0.3) is 0 Å². The minimum atomic E-state index is -0.518. The molecule has 19 heavy (non-hydrogen) atoms. The Hall–Kier alpha value is -1.75. The summed E-state index contributed by atoms with van der Waals surface area (Å²) in [4.78, 5) is 13.8. The first-order chi connectivity index (χ1) is 9.02. The highest BCUT2D eigenvalue weighted by molar-refractivity contribution is 5.80. The van der Waals surface area contributed by atoms with Crippen molar-refractivity contribution in [3.8, 4) is 11.5 Å². The van der Waals surface area contributed by atoms with Gasteiger partial charge in [0.1, 0.15) is 11.5 Å². The molecule has 1 amide bonds. The molecule has 0 aliphatic heterocycles. The van der Waals surface area contributed by atoms with Gasteiger partial charge in [-0.15, -0.1) is 0 Å². The molecule has 0 unspecified atom stereocenters. The van der Waals surface area contributed by atoms with Gasteiger partial charge in [0.2, 0.25) is 0 Å². The number of hydrogen-bond acceptors (Lipinski definition) is 4. The van der Waals surface area contributed by atoms with Crippen molar-refractivity contribution >= 4 is 5.91 Å². The van der Waals surface area contributed by atoms with E-state index in [9.17, 15) is 4.79 Å². The molecule has 0 aromatic heterocycles. The summed E-state index contributed by atoms with van der Waals surface area (Å²) in [5.41, 5.74) is 0. The molecule has 1 atom stereocenters. The highest BCUT2D eigenvalue weighted by atomic mass is 16.5. The van der Waals surface area contributed by atoms with E-state index in [1.54, 1.807) is 38.3 Å². The summed E-state index contributed by atoms with van der Waals surface area (Å²) in [7, 11) is 5.53. The maximum atomic E-state index is 11.8. The van der Waals surface area contributed by atoms with Gasteiger partial charge in [0, 0.05) is 13.1 Å². The second kappa shape index (κ2) is 7.63. The number of nitrogens with zero attached hydrogens (tertiary/aromatic N) is 1. The fraction of sp³-hybridized carbons (Fsp3) is 0.500. The molecule has 0 aliphatic rings. The van der Waals surface area contributed by atoms with Crippen LogP contribution in [0.2, 0.25) is 0 Å². The molecule has 0 saturated carbocycles. The number of ether oxygens (including phenoxy) is 2. The van der Waals surface area contributed by atoms with Gasteiger partial charge in [-0.25, -0.2) is 0 Å². The lowest BCUT2D eigenvalue weighted by atomic mass is 10.3. The zero-order valence-electron chi connectivity index (χ0n) is 12.0. The number of amides is 1. The standard InChI is InChI=1S/C14H22N2O3/c1-11(14(17)15-9-10-16(2)3)19-13-7-5-12(18-4)6-8-13/h5-8,11H,9-10H2,1-4H3,(H,15,17)/t11-/m1/s1. The average Bonchev–Trinajstić information content (AvgIpc) is 2.39. The lowest BCUT2D eigenvalue weighted by Crippen LogP contribution is -2.39. The molecule has 1 rings (SSSR count). The van der Waals surface area contributed by atoms with Gasteiger partial charge in [0.15, 0.2) is 6.10 Å². The highest BCUT2D eigenvalue weighted by Gasteiger charge is 2.13. The molecule has 5 nitrogen and oxygen atoms in total. The van der Waals surface area contributed by atoms with E-state index in [1.807, 2.05) is 19.0 Å². The molecule has 1 aromatic carbocycles. The number of likely N-dealkylation sites (N-methyl/N-ethyl adjacent to an activating group) is 1.